The number of nitrogens with one attached hydrogen (secondary N) is 2. The van der Waals surface area contributed by atoms with E-state index in [2.05, 4.69) is 31.5 Å². The quantitative estimate of drug-likeness (QED) is 0.265. The van der Waals surface area contributed by atoms with E-state index in [0.717, 1.165) is 77.7 Å². The van der Waals surface area contributed by atoms with Crippen LogP contribution in [-0.2, 0) is 16.1 Å². The van der Waals surface area contributed by atoms with Gasteiger partial charge in [-0.1, -0.05) is 28.1 Å². The van der Waals surface area contributed by atoms with E-state index in [-0.39, 0.29) is 36.0 Å². The van der Waals surface area contributed by atoms with Gasteiger partial charge in [0.25, 0.3) is 0 Å². The highest BCUT2D eigenvalue weighted by Crippen LogP contribution is 2.31. The Hall–Kier alpha value is -3.65. The number of ether oxygens (including phenoxy) is 3. The van der Waals surface area contributed by atoms with Crippen LogP contribution in [0.1, 0.15) is 36.0 Å². The van der Waals surface area contributed by atoms with Crippen LogP contribution in [0, 0.1) is 24.1 Å². The lowest BCUT2D eigenvalue weighted by atomic mass is 10.1. The first-order valence-corrected chi connectivity index (χ1v) is 14.9. The molecule has 2 heterocycles. The standard InChI is InChI=1S/C32H34BrFN4O4/c1-21-13-24(33)16-29(36-18-27-9-12-40-27)32(21)37-31(39)19-38-10-7-25(8-11-38)42-26-4-2-3-23(14-26)20-41-30-6-5-22(17-35)15-28(30)34/h2-6,13-16,25,27,36H,7-12,18-20H2,1H3,(H,37,39)/t27-/m0/s1. The molecule has 2 N–H and O–H groups in total. The second-order valence-electron chi connectivity index (χ2n) is 10.6. The summed E-state index contributed by atoms with van der Waals surface area (Å²) in [5, 5.41) is 15.4. The van der Waals surface area contributed by atoms with Gasteiger partial charge in [0.15, 0.2) is 11.6 Å². The number of carbonyl (C=O) groups excluding carboxylic acids is 1. The van der Waals surface area contributed by atoms with Crippen molar-refractivity contribution >= 4 is 33.2 Å². The van der Waals surface area contributed by atoms with Crippen LogP contribution in [0.25, 0.3) is 0 Å². The lowest BCUT2D eigenvalue weighted by Crippen LogP contribution is -2.42. The summed E-state index contributed by atoms with van der Waals surface area (Å²) in [5.41, 5.74) is 3.76. The third-order valence-electron chi connectivity index (χ3n) is 7.44. The number of carbonyl (C=O) groups is 1. The SMILES string of the molecule is Cc1cc(Br)cc(NC[C@@H]2CCO2)c1NC(=O)CN1CCC(Oc2cccc(COc3ccc(C#N)cc3F)c2)CC1. The fraction of sp³-hybridized carbons (Fsp3) is 0.375. The molecule has 0 bridgehead atoms. The summed E-state index contributed by atoms with van der Waals surface area (Å²) < 4.78 is 32.5. The van der Waals surface area contributed by atoms with Crippen LogP contribution in [0.15, 0.2) is 59.1 Å². The van der Waals surface area contributed by atoms with E-state index in [1.165, 1.54) is 12.1 Å². The minimum atomic E-state index is -0.565. The topological polar surface area (TPSA) is 95.8 Å². The number of nitrogens with zero attached hydrogens (tertiary/aromatic N) is 2. The third kappa shape index (κ3) is 8.00. The maximum Gasteiger partial charge on any atom is 0.238 e. The van der Waals surface area contributed by atoms with Gasteiger partial charge in [0.2, 0.25) is 5.91 Å². The molecule has 0 spiro atoms. The van der Waals surface area contributed by atoms with Gasteiger partial charge in [-0.05, 0) is 79.8 Å². The fourth-order valence-electron chi connectivity index (χ4n) is 5.03. The molecule has 2 aliphatic rings. The molecule has 0 saturated carbocycles. The van der Waals surface area contributed by atoms with Crippen molar-refractivity contribution in [1.29, 1.82) is 5.26 Å². The first-order chi connectivity index (χ1) is 20.4. The van der Waals surface area contributed by atoms with Crippen molar-refractivity contribution in [3.63, 3.8) is 0 Å². The molecular weight excluding hydrogens is 603 g/mol. The molecule has 10 heteroatoms. The fourth-order valence-corrected chi connectivity index (χ4v) is 5.61. The molecule has 220 valence electrons. The summed E-state index contributed by atoms with van der Waals surface area (Å²) in [7, 11) is 0. The molecule has 3 aromatic carbocycles. The second kappa shape index (κ2) is 14.0. The number of aryl methyl sites for hydroxylation is 1. The highest BCUT2D eigenvalue weighted by molar-refractivity contribution is 9.10. The average Bonchev–Trinajstić information content (AvgIpc) is 2.94. The van der Waals surface area contributed by atoms with Gasteiger partial charge in [-0.2, -0.15) is 5.26 Å². The molecule has 0 unspecified atom stereocenters. The van der Waals surface area contributed by atoms with Crippen molar-refractivity contribution < 1.29 is 23.4 Å². The van der Waals surface area contributed by atoms with E-state index >= 15 is 0 Å². The lowest BCUT2D eigenvalue weighted by molar-refractivity contribution is -0.117. The van der Waals surface area contributed by atoms with E-state index < -0.39 is 5.82 Å². The van der Waals surface area contributed by atoms with Crippen molar-refractivity contribution in [2.75, 3.05) is 43.4 Å². The maximum atomic E-state index is 14.1. The molecule has 5 rings (SSSR count). The molecule has 1 atom stereocenters. The molecule has 42 heavy (non-hydrogen) atoms. The number of hydrogen-bond donors (Lipinski definition) is 2. The number of likely N-dealkylation sites (tertiary alicyclic amines) is 1. The Morgan fingerprint density at radius 2 is 1.98 bits per heavy atom. The zero-order chi connectivity index (χ0) is 29.5. The van der Waals surface area contributed by atoms with Crippen LogP contribution >= 0.6 is 15.9 Å². The molecule has 2 saturated heterocycles. The van der Waals surface area contributed by atoms with Gasteiger partial charge in [-0.25, -0.2) is 4.39 Å². The van der Waals surface area contributed by atoms with Crippen LogP contribution in [-0.4, -0.2) is 55.8 Å². The lowest BCUT2D eigenvalue weighted by Gasteiger charge is -2.32. The van der Waals surface area contributed by atoms with E-state index in [1.54, 1.807) is 0 Å². The monoisotopic (exact) mass is 636 g/mol. The van der Waals surface area contributed by atoms with E-state index in [1.807, 2.05) is 49.4 Å². The highest BCUT2D eigenvalue weighted by Gasteiger charge is 2.23. The normalized spacial score (nSPS) is 17.1. The predicted molar refractivity (Wildman–Crippen MR) is 162 cm³/mol. The predicted octanol–water partition coefficient (Wildman–Crippen LogP) is 6.03. The summed E-state index contributed by atoms with van der Waals surface area (Å²) in [6.45, 7) is 5.49. The van der Waals surface area contributed by atoms with Crippen molar-refractivity contribution in [2.24, 2.45) is 0 Å². The smallest absolute Gasteiger partial charge is 0.238 e. The molecule has 8 nitrogen and oxygen atoms in total. The Bertz CT molecular complexity index is 1450. The van der Waals surface area contributed by atoms with Crippen molar-refractivity contribution in [3.05, 3.63) is 81.6 Å². The average molecular weight is 638 g/mol. The highest BCUT2D eigenvalue weighted by atomic mass is 79.9. The zero-order valence-electron chi connectivity index (χ0n) is 23.5. The molecule has 2 aliphatic heterocycles. The number of anilines is 2. The van der Waals surface area contributed by atoms with E-state index in [4.69, 9.17) is 19.5 Å². The van der Waals surface area contributed by atoms with Crippen LogP contribution < -0.4 is 20.1 Å². The Kier molecular flexibility index (Phi) is 9.95. The Labute approximate surface area is 253 Å². The van der Waals surface area contributed by atoms with Gasteiger partial charge in [0, 0.05) is 30.7 Å². The minimum absolute atomic E-state index is 0.0368. The summed E-state index contributed by atoms with van der Waals surface area (Å²) in [5.74, 6) is 0.215. The number of piperidine rings is 1. The molecule has 1 amide bonds. The van der Waals surface area contributed by atoms with E-state index in [9.17, 15) is 9.18 Å². The van der Waals surface area contributed by atoms with Gasteiger partial charge in [-0.3, -0.25) is 9.69 Å². The third-order valence-corrected chi connectivity index (χ3v) is 7.89. The molecular formula is C32H34BrFN4O4. The summed E-state index contributed by atoms with van der Waals surface area (Å²) >= 11 is 3.56. The Morgan fingerprint density at radius 1 is 1.17 bits per heavy atom. The van der Waals surface area contributed by atoms with Crippen molar-refractivity contribution in [2.45, 2.75) is 45.0 Å². The first kappa shape index (κ1) is 29.8. The molecule has 0 radical (unpaired) electrons. The van der Waals surface area contributed by atoms with Gasteiger partial charge < -0.3 is 24.8 Å². The zero-order valence-corrected chi connectivity index (χ0v) is 25.1. The number of nitriles is 1. The minimum Gasteiger partial charge on any atom is -0.490 e. The van der Waals surface area contributed by atoms with Crippen LogP contribution in [0.3, 0.4) is 0 Å². The molecule has 3 aromatic rings. The van der Waals surface area contributed by atoms with Crippen LogP contribution in [0.4, 0.5) is 15.8 Å². The summed E-state index contributed by atoms with van der Waals surface area (Å²) in [4.78, 5) is 15.2. The number of benzene rings is 3. The van der Waals surface area contributed by atoms with Gasteiger partial charge in [0.05, 0.1) is 35.7 Å². The second-order valence-corrected chi connectivity index (χ2v) is 11.6. The van der Waals surface area contributed by atoms with Gasteiger partial charge in [0.1, 0.15) is 18.5 Å². The first-order valence-electron chi connectivity index (χ1n) is 14.1. The molecule has 0 aliphatic carbocycles. The number of halogens is 2. The van der Waals surface area contributed by atoms with Crippen LogP contribution in [0.5, 0.6) is 11.5 Å². The molecule has 2 fully saturated rings. The van der Waals surface area contributed by atoms with Crippen molar-refractivity contribution in [3.8, 4) is 17.6 Å². The Morgan fingerprint density at radius 3 is 2.69 bits per heavy atom. The largest absolute Gasteiger partial charge is 0.490 e. The van der Waals surface area contributed by atoms with E-state index in [0.29, 0.717) is 13.1 Å². The summed E-state index contributed by atoms with van der Waals surface area (Å²) in [6, 6.07) is 17.6. The van der Waals surface area contributed by atoms with Gasteiger partial charge >= 0.3 is 0 Å². The Balaban J connectivity index is 1.08. The maximum absolute atomic E-state index is 14.1. The molecule has 0 aromatic heterocycles. The number of hydrogen-bond acceptors (Lipinski definition) is 7. The van der Waals surface area contributed by atoms with Crippen LogP contribution in [0.2, 0.25) is 0 Å². The number of amides is 1. The summed E-state index contributed by atoms with van der Waals surface area (Å²) in [6.07, 6.45) is 2.90. The number of rotatable bonds is 11. The van der Waals surface area contributed by atoms with Crippen molar-refractivity contribution in [1.82, 2.24) is 4.90 Å². The van der Waals surface area contributed by atoms with Gasteiger partial charge in [-0.15, -0.1) is 0 Å².